The largest absolute Gasteiger partial charge is 0.298 e. The van der Waals surface area contributed by atoms with E-state index in [4.69, 9.17) is 0 Å². The van der Waals surface area contributed by atoms with E-state index in [0.29, 0.717) is 16.3 Å². The Labute approximate surface area is 138 Å². The first-order valence-corrected chi connectivity index (χ1v) is 10.3. The number of anilines is 1. The lowest BCUT2D eigenvalue weighted by atomic mass is 10.1. The molecular formula is C14H16N2O3S3. The summed E-state index contributed by atoms with van der Waals surface area (Å²) in [6, 6.07) is 4.53. The van der Waals surface area contributed by atoms with Gasteiger partial charge in [-0.3, -0.25) is 10.1 Å². The van der Waals surface area contributed by atoms with Gasteiger partial charge in [0.05, 0.1) is 14.8 Å². The first-order chi connectivity index (χ1) is 10.2. The summed E-state index contributed by atoms with van der Waals surface area (Å²) < 4.78 is 24.3. The molecule has 0 saturated heterocycles. The molecule has 0 aliphatic rings. The van der Waals surface area contributed by atoms with Crippen LogP contribution in [0.3, 0.4) is 0 Å². The summed E-state index contributed by atoms with van der Waals surface area (Å²) in [6.45, 7) is 3.65. The van der Waals surface area contributed by atoms with Gasteiger partial charge >= 0.3 is 0 Å². The van der Waals surface area contributed by atoms with Gasteiger partial charge in [-0.15, -0.1) is 11.8 Å². The average Bonchev–Trinajstić information content (AvgIpc) is 2.77. The number of carbonyl (C=O) groups excluding carboxylic acids is 1. The third-order valence-electron chi connectivity index (χ3n) is 3.04. The highest BCUT2D eigenvalue weighted by molar-refractivity contribution is 8.00. The Morgan fingerprint density at radius 3 is 2.55 bits per heavy atom. The van der Waals surface area contributed by atoms with Crippen LogP contribution in [0.2, 0.25) is 0 Å². The lowest BCUT2D eigenvalue weighted by Crippen LogP contribution is -2.14. The lowest BCUT2D eigenvalue weighted by Gasteiger charge is -2.07. The molecule has 118 valence electrons. The predicted octanol–water partition coefficient (Wildman–Crippen LogP) is 3.14. The van der Waals surface area contributed by atoms with Gasteiger partial charge in [-0.1, -0.05) is 17.4 Å². The topological polar surface area (TPSA) is 76.1 Å². The van der Waals surface area contributed by atoms with Crippen LogP contribution in [-0.2, 0) is 9.84 Å². The van der Waals surface area contributed by atoms with E-state index in [2.05, 4.69) is 10.3 Å². The predicted molar refractivity (Wildman–Crippen MR) is 90.9 cm³/mol. The molecular weight excluding hydrogens is 340 g/mol. The molecule has 0 aliphatic carbocycles. The van der Waals surface area contributed by atoms with Crippen molar-refractivity contribution in [3.63, 3.8) is 0 Å². The fourth-order valence-electron chi connectivity index (χ4n) is 1.87. The molecule has 0 bridgehead atoms. The van der Waals surface area contributed by atoms with E-state index in [1.54, 1.807) is 24.8 Å². The highest BCUT2D eigenvalue weighted by atomic mass is 32.2. The van der Waals surface area contributed by atoms with Gasteiger partial charge in [0.1, 0.15) is 0 Å². The Balaban J connectivity index is 2.32. The SMILES string of the molecule is CSc1sc(NC(=O)c2cc(S(C)(=O)=O)ccc2C)nc1C. The number of thiazole rings is 1. The van der Waals surface area contributed by atoms with Crippen LogP contribution in [0, 0.1) is 13.8 Å². The molecule has 0 radical (unpaired) electrons. The summed E-state index contributed by atoms with van der Waals surface area (Å²) in [4.78, 5) is 16.8. The molecule has 0 atom stereocenters. The number of carbonyl (C=O) groups is 1. The number of amides is 1. The molecule has 22 heavy (non-hydrogen) atoms. The summed E-state index contributed by atoms with van der Waals surface area (Å²) in [7, 11) is -3.35. The van der Waals surface area contributed by atoms with Crippen molar-refractivity contribution >= 4 is 44.0 Å². The number of rotatable bonds is 4. The van der Waals surface area contributed by atoms with Crippen LogP contribution in [0.15, 0.2) is 27.3 Å². The Bertz CT molecular complexity index is 826. The van der Waals surface area contributed by atoms with Crippen LogP contribution >= 0.6 is 23.1 Å². The normalized spacial score (nSPS) is 11.5. The molecule has 2 aromatic rings. The van der Waals surface area contributed by atoms with E-state index in [1.165, 1.54) is 23.5 Å². The maximum absolute atomic E-state index is 12.4. The molecule has 1 aromatic heterocycles. The van der Waals surface area contributed by atoms with Crippen molar-refractivity contribution in [3.05, 3.63) is 35.0 Å². The van der Waals surface area contributed by atoms with Gasteiger partial charge in [-0.25, -0.2) is 13.4 Å². The summed E-state index contributed by atoms with van der Waals surface area (Å²) in [5.74, 6) is -0.357. The molecule has 0 spiro atoms. The number of aromatic nitrogens is 1. The molecule has 0 saturated carbocycles. The number of nitrogens with one attached hydrogen (secondary N) is 1. The number of nitrogens with zero attached hydrogens (tertiary/aromatic N) is 1. The fourth-order valence-corrected chi connectivity index (χ4v) is 4.12. The van der Waals surface area contributed by atoms with Crippen LogP contribution < -0.4 is 5.32 Å². The molecule has 1 N–H and O–H groups in total. The smallest absolute Gasteiger partial charge is 0.257 e. The minimum atomic E-state index is -3.35. The quantitative estimate of drug-likeness (QED) is 0.852. The van der Waals surface area contributed by atoms with E-state index in [-0.39, 0.29) is 10.8 Å². The van der Waals surface area contributed by atoms with Gasteiger partial charge < -0.3 is 0 Å². The van der Waals surface area contributed by atoms with Crippen molar-refractivity contribution in [3.8, 4) is 0 Å². The van der Waals surface area contributed by atoms with Gasteiger partial charge in [0.15, 0.2) is 15.0 Å². The first-order valence-electron chi connectivity index (χ1n) is 6.36. The van der Waals surface area contributed by atoms with Gasteiger partial charge in [0, 0.05) is 11.8 Å². The van der Waals surface area contributed by atoms with Crippen LogP contribution in [0.1, 0.15) is 21.6 Å². The van der Waals surface area contributed by atoms with E-state index >= 15 is 0 Å². The van der Waals surface area contributed by atoms with Crippen LogP contribution in [0.4, 0.5) is 5.13 Å². The zero-order valence-corrected chi connectivity index (χ0v) is 15.1. The van der Waals surface area contributed by atoms with Crippen LogP contribution in [0.5, 0.6) is 0 Å². The summed E-state index contributed by atoms with van der Waals surface area (Å²) in [5.41, 5.74) is 1.92. The number of aryl methyl sites for hydroxylation is 2. The molecule has 1 heterocycles. The zero-order valence-electron chi connectivity index (χ0n) is 12.6. The Morgan fingerprint density at radius 2 is 2.00 bits per heavy atom. The number of hydrogen-bond donors (Lipinski definition) is 1. The Morgan fingerprint density at radius 1 is 1.32 bits per heavy atom. The maximum Gasteiger partial charge on any atom is 0.257 e. The van der Waals surface area contributed by atoms with Crippen molar-refractivity contribution in [2.24, 2.45) is 0 Å². The molecule has 0 aliphatic heterocycles. The average molecular weight is 356 g/mol. The lowest BCUT2D eigenvalue weighted by molar-refractivity contribution is 0.102. The van der Waals surface area contributed by atoms with Gasteiger partial charge in [-0.2, -0.15) is 0 Å². The number of hydrogen-bond acceptors (Lipinski definition) is 6. The summed E-state index contributed by atoms with van der Waals surface area (Å²) in [5, 5.41) is 3.24. The minimum absolute atomic E-state index is 0.128. The molecule has 5 nitrogen and oxygen atoms in total. The van der Waals surface area contributed by atoms with E-state index in [0.717, 1.165) is 16.2 Å². The van der Waals surface area contributed by atoms with Crippen molar-refractivity contribution in [2.45, 2.75) is 23.0 Å². The molecule has 2 rings (SSSR count). The Hall–Kier alpha value is -1.38. The third-order valence-corrected chi connectivity index (χ3v) is 6.44. The molecule has 0 unspecified atom stereocenters. The molecule has 1 aromatic carbocycles. The number of sulfone groups is 1. The van der Waals surface area contributed by atoms with Gasteiger partial charge in [0.2, 0.25) is 0 Å². The first kappa shape index (κ1) is 17.0. The third kappa shape index (κ3) is 3.68. The van der Waals surface area contributed by atoms with E-state index in [1.807, 2.05) is 13.2 Å². The molecule has 8 heteroatoms. The number of thioether (sulfide) groups is 1. The van der Waals surface area contributed by atoms with Crippen molar-refractivity contribution in [1.29, 1.82) is 0 Å². The van der Waals surface area contributed by atoms with Crippen LogP contribution in [0.25, 0.3) is 0 Å². The number of benzene rings is 1. The van der Waals surface area contributed by atoms with Crippen molar-refractivity contribution < 1.29 is 13.2 Å². The monoisotopic (exact) mass is 356 g/mol. The minimum Gasteiger partial charge on any atom is -0.298 e. The standard InChI is InChI=1S/C14H16N2O3S3/c1-8-5-6-10(22(4,18)19)7-11(8)12(17)16-14-15-9(2)13(20-3)21-14/h5-7H,1-4H3,(H,15,16,17). The maximum atomic E-state index is 12.4. The van der Waals surface area contributed by atoms with Crippen molar-refractivity contribution in [2.75, 3.05) is 17.8 Å². The Kier molecular flexibility index (Phi) is 4.93. The molecule has 1 amide bonds. The van der Waals surface area contributed by atoms with E-state index < -0.39 is 9.84 Å². The second kappa shape index (κ2) is 6.39. The van der Waals surface area contributed by atoms with Crippen molar-refractivity contribution in [1.82, 2.24) is 4.98 Å². The summed E-state index contributed by atoms with van der Waals surface area (Å²) in [6.07, 6.45) is 3.07. The van der Waals surface area contributed by atoms with E-state index in [9.17, 15) is 13.2 Å². The zero-order chi connectivity index (χ0) is 16.5. The second-order valence-electron chi connectivity index (χ2n) is 4.80. The van der Waals surface area contributed by atoms with Gasteiger partial charge in [0.25, 0.3) is 5.91 Å². The van der Waals surface area contributed by atoms with Gasteiger partial charge in [-0.05, 0) is 37.8 Å². The highest BCUT2D eigenvalue weighted by Crippen LogP contribution is 2.30. The van der Waals surface area contributed by atoms with Crippen LogP contribution in [-0.4, -0.2) is 31.8 Å². The molecule has 0 fully saturated rings. The summed E-state index contributed by atoms with van der Waals surface area (Å²) >= 11 is 2.97. The second-order valence-corrected chi connectivity index (χ2v) is 8.89. The highest BCUT2D eigenvalue weighted by Gasteiger charge is 2.16. The fraction of sp³-hybridized carbons (Fsp3) is 0.286.